The Kier molecular flexibility index (Phi) is 4.75. The van der Waals surface area contributed by atoms with Gasteiger partial charge in [0.2, 0.25) is 0 Å². The minimum absolute atomic E-state index is 0.249. The number of hydrogen-bond donors (Lipinski definition) is 0. The molecular formula is C15H12Cl2FI. The van der Waals surface area contributed by atoms with Crippen LogP contribution in [-0.4, -0.2) is 0 Å². The fourth-order valence-electron chi connectivity index (χ4n) is 1.95. The van der Waals surface area contributed by atoms with Gasteiger partial charge in [0.1, 0.15) is 5.82 Å². The predicted octanol–water partition coefficient (Wildman–Crippen LogP) is 6.03. The summed E-state index contributed by atoms with van der Waals surface area (Å²) in [5.74, 6) is -0.249. The fourth-order valence-corrected chi connectivity index (χ4v) is 3.57. The zero-order valence-corrected chi connectivity index (χ0v) is 14.1. The molecule has 1 atom stereocenters. The first-order valence-corrected chi connectivity index (χ1v) is 7.65. The summed E-state index contributed by atoms with van der Waals surface area (Å²) in [7, 11) is 0. The molecule has 0 fully saturated rings. The lowest BCUT2D eigenvalue weighted by atomic mass is 9.98. The molecule has 4 heteroatoms. The summed E-state index contributed by atoms with van der Waals surface area (Å²) < 4.78 is 14.0. The lowest BCUT2D eigenvalue weighted by Crippen LogP contribution is -2.00. The largest absolute Gasteiger partial charge is 0.207 e. The molecule has 0 radical (unpaired) electrons. The van der Waals surface area contributed by atoms with Crippen LogP contribution in [0, 0.1) is 23.2 Å². The summed E-state index contributed by atoms with van der Waals surface area (Å²) in [5, 5.41) is 0.433. The summed E-state index contributed by atoms with van der Waals surface area (Å²) in [6.07, 6.45) is 0. The maximum atomic E-state index is 13.1. The lowest BCUT2D eigenvalue weighted by Gasteiger charge is -2.16. The topological polar surface area (TPSA) is 0 Å². The zero-order chi connectivity index (χ0) is 14.2. The van der Waals surface area contributed by atoms with Crippen molar-refractivity contribution in [2.75, 3.05) is 0 Å². The number of alkyl halides is 1. The number of aryl methyl sites for hydroxylation is 2. The van der Waals surface area contributed by atoms with Gasteiger partial charge in [0.05, 0.1) is 5.38 Å². The number of benzene rings is 2. The summed E-state index contributed by atoms with van der Waals surface area (Å²) in [6.45, 7) is 3.93. The number of halogens is 4. The van der Waals surface area contributed by atoms with Crippen LogP contribution in [0.25, 0.3) is 0 Å². The van der Waals surface area contributed by atoms with E-state index in [1.807, 2.05) is 26.0 Å². The smallest absolute Gasteiger partial charge is 0.124 e. The molecule has 2 aromatic carbocycles. The van der Waals surface area contributed by atoms with Crippen molar-refractivity contribution >= 4 is 45.8 Å². The summed E-state index contributed by atoms with van der Waals surface area (Å²) in [6, 6.07) is 8.57. The molecule has 0 spiro atoms. The van der Waals surface area contributed by atoms with Crippen molar-refractivity contribution in [2.24, 2.45) is 0 Å². The third-order valence-corrected chi connectivity index (χ3v) is 4.87. The molecule has 19 heavy (non-hydrogen) atoms. The first kappa shape index (κ1) is 15.1. The van der Waals surface area contributed by atoms with Gasteiger partial charge >= 0.3 is 0 Å². The van der Waals surface area contributed by atoms with Crippen LogP contribution in [0.1, 0.15) is 27.6 Å². The van der Waals surface area contributed by atoms with Crippen molar-refractivity contribution in [3.05, 3.63) is 67.0 Å². The Bertz CT molecular complexity index is 626. The van der Waals surface area contributed by atoms with Gasteiger partial charge in [-0.3, -0.25) is 0 Å². The quantitative estimate of drug-likeness (QED) is 0.420. The van der Waals surface area contributed by atoms with Crippen molar-refractivity contribution < 1.29 is 4.39 Å². The molecule has 100 valence electrons. The van der Waals surface area contributed by atoms with E-state index in [9.17, 15) is 4.39 Å². The Hall–Kier alpha value is -0.320. The summed E-state index contributed by atoms with van der Waals surface area (Å²) in [4.78, 5) is 0. The van der Waals surface area contributed by atoms with Crippen molar-refractivity contribution in [3.63, 3.8) is 0 Å². The standard InChI is InChI=1S/C15H12Cl2FI/c1-8-6-13(16)9(2)5-12(8)15(17)11-4-3-10(18)7-14(11)19/h3-7,15H,1-2H3. The van der Waals surface area contributed by atoms with Crippen LogP contribution in [0.15, 0.2) is 30.3 Å². The second-order valence-electron chi connectivity index (χ2n) is 4.49. The first-order chi connectivity index (χ1) is 8.90. The number of hydrogen-bond acceptors (Lipinski definition) is 0. The highest BCUT2D eigenvalue weighted by Crippen LogP contribution is 2.35. The molecular weight excluding hydrogens is 397 g/mol. The van der Waals surface area contributed by atoms with Gasteiger partial charge in [-0.2, -0.15) is 0 Å². The molecule has 0 saturated carbocycles. The molecule has 0 aliphatic heterocycles. The maximum Gasteiger partial charge on any atom is 0.124 e. The van der Waals surface area contributed by atoms with Crippen LogP contribution in [0.3, 0.4) is 0 Å². The average molecular weight is 409 g/mol. The number of rotatable bonds is 2. The van der Waals surface area contributed by atoms with E-state index in [1.165, 1.54) is 12.1 Å². The molecule has 0 amide bonds. The van der Waals surface area contributed by atoms with E-state index in [1.54, 1.807) is 6.07 Å². The molecule has 2 aromatic rings. The molecule has 2 rings (SSSR count). The molecule has 0 aliphatic carbocycles. The molecule has 0 saturated heterocycles. The van der Waals surface area contributed by atoms with E-state index in [4.69, 9.17) is 23.2 Å². The van der Waals surface area contributed by atoms with Gasteiger partial charge in [0.25, 0.3) is 0 Å². The van der Waals surface area contributed by atoms with Gasteiger partial charge < -0.3 is 0 Å². The van der Waals surface area contributed by atoms with Gasteiger partial charge in [-0.15, -0.1) is 11.6 Å². The van der Waals surface area contributed by atoms with E-state index in [2.05, 4.69) is 22.6 Å². The van der Waals surface area contributed by atoms with Crippen molar-refractivity contribution in [3.8, 4) is 0 Å². The molecule has 0 aliphatic rings. The van der Waals surface area contributed by atoms with Crippen LogP contribution in [0.5, 0.6) is 0 Å². The lowest BCUT2D eigenvalue weighted by molar-refractivity contribution is 0.626. The molecule has 0 aromatic heterocycles. The normalized spacial score (nSPS) is 12.5. The highest BCUT2D eigenvalue weighted by Gasteiger charge is 2.17. The second-order valence-corrected chi connectivity index (χ2v) is 6.49. The van der Waals surface area contributed by atoms with Gasteiger partial charge in [0, 0.05) is 8.59 Å². The second kappa shape index (κ2) is 5.98. The Labute approximate surface area is 136 Å². The Morgan fingerprint density at radius 1 is 1.05 bits per heavy atom. The molecule has 1 unspecified atom stereocenters. The van der Waals surface area contributed by atoms with Crippen molar-refractivity contribution in [1.29, 1.82) is 0 Å². The monoisotopic (exact) mass is 408 g/mol. The van der Waals surface area contributed by atoms with E-state index >= 15 is 0 Å². The van der Waals surface area contributed by atoms with Crippen molar-refractivity contribution in [2.45, 2.75) is 19.2 Å². The van der Waals surface area contributed by atoms with E-state index in [0.717, 1.165) is 30.8 Å². The van der Waals surface area contributed by atoms with Gasteiger partial charge in [0.15, 0.2) is 0 Å². The van der Waals surface area contributed by atoms with E-state index in [0.29, 0.717) is 0 Å². The van der Waals surface area contributed by atoms with Gasteiger partial charge in [-0.25, -0.2) is 4.39 Å². The van der Waals surface area contributed by atoms with E-state index < -0.39 is 0 Å². The third kappa shape index (κ3) is 3.23. The highest BCUT2D eigenvalue weighted by molar-refractivity contribution is 14.1. The molecule has 0 nitrogen and oxygen atoms in total. The minimum Gasteiger partial charge on any atom is -0.207 e. The van der Waals surface area contributed by atoms with Crippen LogP contribution in [0.4, 0.5) is 4.39 Å². The minimum atomic E-state index is -0.302. The highest BCUT2D eigenvalue weighted by atomic mass is 127. The Morgan fingerprint density at radius 2 is 1.74 bits per heavy atom. The van der Waals surface area contributed by atoms with Crippen LogP contribution in [0.2, 0.25) is 5.02 Å². The van der Waals surface area contributed by atoms with Crippen LogP contribution >= 0.6 is 45.8 Å². The van der Waals surface area contributed by atoms with Gasteiger partial charge in [-0.05, 0) is 76.9 Å². The Morgan fingerprint density at radius 3 is 2.37 bits per heavy atom. The maximum absolute atomic E-state index is 13.1. The van der Waals surface area contributed by atoms with Gasteiger partial charge in [-0.1, -0.05) is 23.7 Å². The molecule has 0 bridgehead atoms. The van der Waals surface area contributed by atoms with Crippen LogP contribution in [-0.2, 0) is 0 Å². The zero-order valence-electron chi connectivity index (χ0n) is 10.5. The SMILES string of the molecule is Cc1cc(C(Cl)c2ccc(F)cc2I)c(C)cc1Cl. The third-order valence-electron chi connectivity index (χ3n) is 3.06. The summed E-state index contributed by atoms with van der Waals surface area (Å²) >= 11 is 14.7. The van der Waals surface area contributed by atoms with Crippen LogP contribution < -0.4 is 0 Å². The Balaban J connectivity index is 2.49. The molecule has 0 N–H and O–H groups in total. The average Bonchev–Trinajstić information content (AvgIpc) is 2.33. The predicted molar refractivity (Wildman–Crippen MR) is 87.7 cm³/mol. The summed E-state index contributed by atoms with van der Waals surface area (Å²) in [5.41, 5.74) is 3.95. The van der Waals surface area contributed by atoms with Crippen molar-refractivity contribution in [1.82, 2.24) is 0 Å². The first-order valence-electron chi connectivity index (χ1n) is 5.76. The van der Waals surface area contributed by atoms with E-state index in [-0.39, 0.29) is 11.2 Å². The molecule has 0 heterocycles. The fraction of sp³-hybridized carbons (Fsp3) is 0.200.